The minimum atomic E-state index is -2.17. The van der Waals surface area contributed by atoms with Crippen LogP contribution in [0.2, 0.25) is 0 Å². The molecule has 5 nitrogen and oxygen atoms in total. The lowest BCUT2D eigenvalue weighted by Crippen LogP contribution is -2.16. The molecule has 0 spiro atoms. The summed E-state index contributed by atoms with van der Waals surface area (Å²) in [6.45, 7) is 0. The van der Waals surface area contributed by atoms with Crippen molar-refractivity contribution < 1.29 is 19.8 Å². The molecule has 0 aliphatic carbocycles. The van der Waals surface area contributed by atoms with E-state index in [-0.39, 0.29) is 0 Å². The molecule has 0 aromatic carbocycles. The third kappa shape index (κ3) is 14.2. The first-order chi connectivity index (χ1) is 5.71. The molecular formula is C5H4Cl3NO4. The number of hydrogen-bond donors (Lipinski definition) is 2. The number of nitriles is 1. The van der Waals surface area contributed by atoms with Crippen LogP contribution in [0.1, 0.15) is 6.42 Å². The van der Waals surface area contributed by atoms with Crippen LogP contribution >= 0.6 is 34.8 Å². The molecule has 0 aliphatic rings. The highest BCUT2D eigenvalue weighted by Gasteiger charge is 2.29. The predicted molar refractivity (Wildman–Crippen MR) is 45.8 cm³/mol. The summed E-state index contributed by atoms with van der Waals surface area (Å²) in [6, 6.07) is 1.47. The van der Waals surface area contributed by atoms with Crippen molar-refractivity contribution in [2.75, 3.05) is 0 Å². The summed E-state index contributed by atoms with van der Waals surface area (Å²) in [4.78, 5) is 19.0. The lowest BCUT2D eigenvalue weighted by Gasteiger charge is -1.99. The largest absolute Gasteiger partial charge is 0.480 e. The van der Waals surface area contributed by atoms with Crippen LogP contribution in [-0.4, -0.2) is 25.9 Å². The quantitative estimate of drug-likeness (QED) is 0.684. The molecule has 0 unspecified atom stereocenters. The monoisotopic (exact) mass is 247 g/mol. The second kappa shape index (κ2) is 6.78. The van der Waals surface area contributed by atoms with E-state index in [1.165, 1.54) is 6.07 Å². The molecule has 8 heteroatoms. The Kier molecular flexibility index (Phi) is 7.72. The number of nitrogens with zero attached hydrogens (tertiary/aromatic N) is 1. The topological polar surface area (TPSA) is 98.4 Å². The Hall–Kier alpha value is -0.700. The van der Waals surface area contributed by atoms with Gasteiger partial charge in [0, 0.05) is 0 Å². The Morgan fingerprint density at radius 1 is 1.31 bits per heavy atom. The van der Waals surface area contributed by atoms with Crippen molar-refractivity contribution in [2.24, 2.45) is 0 Å². The van der Waals surface area contributed by atoms with E-state index in [1.54, 1.807) is 0 Å². The van der Waals surface area contributed by atoms with Gasteiger partial charge in [-0.1, -0.05) is 34.8 Å². The molecule has 74 valence electrons. The van der Waals surface area contributed by atoms with Crippen LogP contribution in [0.15, 0.2) is 0 Å². The van der Waals surface area contributed by atoms with Crippen LogP contribution in [0.25, 0.3) is 0 Å². The molecule has 0 aromatic heterocycles. The number of carboxylic acids is 2. The zero-order valence-electron chi connectivity index (χ0n) is 6.00. The predicted octanol–water partition coefficient (Wildman–Crippen LogP) is 1.43. The van der Waals surface area contributed by atoms with Crippen LogP contribution in [0.4, 0.5) is 0 Å². The molecule has 0 atom stereocenters. The molecule has 0 fully saturated rings. The second-order valence-electron chi connectivity index (χ2n) is 1.53. The summed E-state index contributed by atoms with van der Waals surface area (Å²) >= 11 is 14.4. The van der Waals surface area contributed by atoms with E-state index in [0.717, 1.165) is 0 Å². The number of hydrogen-bond acceptors (Lipinski definition) is 3. The van der Waals surface area contributed by atoms with Crippen molar-refractivity contribution in [1.29, 1.82) is 5.26 Å². The minimum Gasteiger partial charge on any atom is -0.480 e. The fourth-order valence-corrected chi connectivity index (χ4v) is 0.0676. The molecule has 0 aromatic rings. The van der Waals surface area contributed by atoms with Gasteiger partial charge in [-0.3, -0.25) is 4.79 Å². The number of carboxylic acid groups (broad SMARTS) is 2. The smallest absolute Gasteiger partial charge is 0.356 e. The summed E-state index contributed by atoms with van der Waals surface area (Å²) in [5.74, 6) is -2.53. The van der Waals surface area contributed by atoms with Crippen LogP contribution in [0, 0.1) is 11.3 Å². The number of alkyl halides is 3. The Balaban J connectivity index is 0. The lowest BCUT2D eigenvalue weighted by molar-refractivity contribution is -0.136. The summed E-state index contributed by atoms with van der Waals surface area (Å²) in [7, 11) is 0. The average Bonchev–Trinajstić information content (AvgIpc) is 1.85. The van der Waals surface area contributed by atoms with Crippen molar-refractivity contribution in [1.82, 2.24) is 0 Å². The first-order valence-corrected chi connectivity index (χ1v) is 3.74. The zero-order valence-corrected chi connectivity index (χ0v) is 8.27. The summed E-state index contributed by atoms with van der Waals surface area (Å²) in [5, 5.41) is 23.2. The molecule has 0 amide bonds. The Morgan fingerprint density at radius 3 is 1.62 bits per heavy atom. The standard InChI is InChI=1S/C3H3NO2.C2HCl3O2/c4-2-1-3(5)6;3-2(4,5)1(6)7/h1H2,(H,5,6);(H,6,7). The van der Waals surface area contributed by atoms with E-state index in [0.29, 0.717) is 0 Å². The van der Waals surface area contributed by atoms with Crippen LogP contribution in [0.5, 0.6) is 0 Å². The highest BCUT2D eigenvalue weighted by molar-refractivity contribution is 6.75. The Labute approximate surface area is 88.4 Å². The third-order valence-electron chi connectivity index (χ3n) is 0.473. The van der Waals surface area contributed by atoms with Gasteiger partial charge < -0.3 is 10.2 Å². The van der Waals surface area contributed by atoms with E-state index >= 15 is 0 Å². The SMILES string of the molecule is N#CCC(=O)O.O=C(O)C(Cl)(Cl)Cl. The second-order valence-corrected chi connectivity index (χ2v) is 3.81. The average molecular weight is 248 g/mol. The molecule has 0 radical (unpaired) electrons. The highest BCUT2D eigenvalue weighted by Crippen LogP contribution is 2.25. The molecule has 0 saturated carbocycles. The highest BCUT2D eigenvalue weighted by atomic mass is 35.6. The van der Waals surface area contributed by atoms with Gasteiger partial charge in [-0.05, 0) is 0 Å². The third-order valence-corrected chi connectivity index (χ3v) is 0.958. The maximum atomic E-state index is 9.62. The van der Waals surface area contributed by atoms with Gasteiger partial charge in [-0.25, -0.2) is 4.79 Å². The minimum absolute atomic E-state index is 0.403. The van der Waals surface area contributed by atoms with E-state index in [2.05, 4.69) is 0 Å². The number of carbonyl (C=O) groups is 2. The first kappa shape index (κ1) is 14.8. The van der Waals surface area contributed by atoms with Crippen molar-refractivity contribution >= 4 is 46.7 Å². The number of halogens is 3. The molecule has 2 N–H and O–H groups in total. The first-order valence-electron chi connectivity index (χ1n) is 2.60. The van der Waals surface area contributed by atoms with E-state index in [9.17, 15) is 9.59 Å². The molecule has 0 saturated heterocycles. The number of rotatable bonds is 1. The molecular weight excluding hydrogens is 244 g/mol. The van der Waals surface area contributed by atoms with Gasteiger partial charge in [-0.15, -0.1) is 0 Å². The Morgan fingerprint density at radius 2 is 1.62 bits per heavy atom. The van der Waals surface area contributed by atoms with Crippen molar-refractivity contribution in [3.63, 3.8) is 0 Å². The summed E-state index contributed by atoms with van der Waals surface area (Å²) in [6.07, 6.45) is -0.403. The van der Waals surface area contributed by atoms with Crippen LogP contribution in [-0.2, 0) is 9.59 Å². The maximum absolute atomic E-state index is 9.62. The van der Waals surface area contributed by atoms with E-state index < -0.39 is 22.2 Å². The van der Waals surface area contributed by atoms with Crippen LogP contribution < -0.4 is 0 Å². The van der Waals surface area contributed by atoms with Gasteiger partial charge in [0.25, 0.3) is 3.79 Å². The van der Waals surface area contributed by atoms with Gasteiger partial charge in [0.05, 0.1) is 6.07 Å². The van der Waals surface area contributed by atoms with Gasteiger partial charge in [0.1, 0.15) is 6.42 Å². The van der Waals surface area contributed by atoms with E-state index in [4.69, 9.17) is 50.3 Å². The van der Waals surface area contributed by atoms with Crippen LogP contribution in [0.3, 0.4) is 0 Å². The van der Waals surface area contributed by atoms with Crippen molar-refractivity contribution in [3.05, 3.63) is 0 Å². The molecule has 0 aliphatic heterocycles. The zero-order chi connectivity index (χ0) is 11.1. The molecule has 13 heavy (non-hydrogen) atoms. The fourth-order valence-electron chi connectivity index (χ4n) is 0.0676. The molecule has 0 bridgehead atoms. The molecule has 0 heterocycles. The lowest BCUT2D eigenvalue weighted by atomic mass is 10.5. The Bertz CT molecular complexity index is 229. The summed E-state index contributed by atoms with van der Waals surface area (Å²) in [5.41, 5.74) is 0. The summed E-state index contributed by atoms with van der Waals surface area (Å²) < 4.78 is -2.17. The van der Waals surface area contributed by atoms with Crippen molar-refractivity contribution in [2.45, 2.75) is 10.2 Å². The normalized spacial score (nSPS) is 9.08. The fraction of sp³-hybridized carbons (Fsp3) is 0.400. The van der Waals surface area contributed by atoms with Gasteiger partial charge in [-0.2, -0.15) is 5.26 Å². The molecule has 0 rings (SSSR count). The maximum Gasteiger partial charge on any atom is 0.356 e. The number of aliphatic carboxylic acids is 2. The van der Waals surface area contributed by atoms with Gasteiger partial charge in [0.2, 0.25) is 0 Å². The van der Waals surface area contributed by atoms with Gasteiger partial charge in [0.15, 0.2) is 0 Å². The van der Waals surface area contributed by atoms with E-state index in [1.807, 2.05) is 0 Å². The van der Waals surface area contributed by atoms with Crippen molar-refractivity contribution in [3.8, 4) is 6.07 Å². The van der Waals surface area contributed by atoms with Gasteiger partial charge >= 0.3 is 11.9 Å².